The number of carboxylic acid groups (broad SMARTS) is 1. The van der Waals surface area contributed by atoms with Crippen LogP contribution in [0.25, 0.3) is 0 Å². The van der Waals surface area contributed by atoms with Crippen molar-refractivity contribution in [2.45, 2.75) is 20.1 Å². The molecule has 0 saturated heterocycles. The Bertz CT molecular complexity index is 1010. The number of rotatable bonds is 7. The predicted molar refractivity (Wildman–Crippen MR) is 115 cm³/mol. The van der Waals surface area contributed by atoms with Crippen molar-refractivity contribution in [1.29, 1.82) is 0 Å². The van der Waals surface area contributed by atoms with Crippen LogP contribution in [-0.2, 0) is 13.2 Å². The average Bonchev–Trinajstić information content (AvgIpc) is 2.67. The van der Waals surface area contributed by atoms with Crippen molar-refractivity contribution in [1.82, 2.24) is 0 Å². The van der Waals surface area contributed by atoms with Gasteiger partial charge in [-0.25, -0.2) is 4.79 Å². The lowest BCUT2D eigenvalue weighted by Crippen LogP contribution is -2.05. The maximum atomic E-state index is 11.3. The standard InChI is InChI=1S/C22H19BrClNO3/c1-14-4-2-3-5-15(14)13-28-21-9-6-17(23)10-16(21)12-25-18-7-8-20(24)19(11-18)22(26)27/h2-11,25H,12-13H2,1H3,(H,26,27). The SMILES string of the molecule is Cc1ccccc1COc1ccc(Br)cc1CNc1ccc(Cl)c(C(=O)O)c1. The van der Waals surface area contributed by atoms with Gasteiger partial charge >= 0.3 is 5.97 Å². The second kappa shape index (κ2) is 9.13. The minimum absolute atomic E-state index is 0.0666. The highest BCUT2D eigenvalue weighted by Gasteiger charge is 2.11. The fourth-order valence-corrected chi connectivity index (χ4v) is 3.36. The molecule has 0 spiro atoms. The number of nitrogens with one attached hydrogen (secondary N) is 1. The topological polar surface area (TPSA) is 58.6 Å². The molecule has 0 bridgehead atoms. The van der Waals surface area contributed by atoms with Gasteiger partial charge < -0.3 is 15.2 Å². The molecule has 0 amide bonds. The van der Waals surface area contributed by atoms with E-state index in [1.165, 1.54) is 11.6 Å². The normalized spacial score (nSPS) is 10.5. The zero-order chi connectivity index (χ0) is 20.1. The van der Waals surface area contributed by atoms with Gasteiger partial charge in [0.1, 0.15) is 12.4 Å². The third kappa shape index (κ3) is 5.06. The molecule has 3 aromatic rings. The molecule has 2 N–H and O–H groups in total. The van der Waals surface area contributed by atoms with Gasteiger partial charge in [-0.05, 0) is 54.4 Å². The van der Waals surface area contributed by atoms with Crippen molar-refractivity contribution >= 4 is 39.2 Å². The van der Waals surface area contributed by atoms with Crippen LogP contribution in [0, 0.1) is 6.92 Å². The Hall–Kier alpha value is -2.50. The van der Waals surface area contributed by atoms with Crippen LogP contribution in [-0.4, -0.2) is 11.1 Å². The maximum Gasteiger partial charge on any atom is 0.337 e. The van der Waals surface area contributed by atoms with Crippen LogP contribution in [0.1, 0.15) is 27.0 Å². The van der Waals surface area contributed by atoms with Gasteiger partial charge in [0.2, 0.25) is 0 Å². The number of ether oxygens (including phenoxy) is 1. The third-order valence-corrected chi connectivity index (χ3v) is 5.17. The molecule has 0 aliphatic heterocycles. The minimum Gasteiger partial charge on any atom is -0.489 e. The van der Waals surface area contributed by atoms with Crippen LogP contribution in [0.2, 0.25) is 5.02 Å². The number of carboxylic acids is 1. The van der Waals surface area contributed by atoms with Gasteiger partial charge in [0.05, 0.1) is 10.6 Å². The number of hydrogen-bond acceptors (Lipinski definition) is 3. The zero-order valence-electron chi connectivity index (χ0n) is 15.2. The number of hydrogen-bond donors (Lipinski definition) is 2. The number of aromatic carboxylic acids is 1. The van der Waals surface area contributed by atoms with E-state index < -0.39 is 5.97 Å². The van der Waals surface area contributed by atoms with E-state index in [1.807, 2.05) is 36.4 Å². The Morgan fingerprint density at radius 3 is 2.64 bits per heavy atom. The number of halogens is 2. The first kappa shape index (κ1) is 20.2. The summed E-state index contributed by atoms with van der Waals surface area (Å²) >= 11 is 9.42. The molecule has 0 fully saturated rings. The first-order chi connectivity index (χ1) is 13.4. The lowest BCUT2D eigenvalue weighted by molar-refractivity contribution is 0.0697. The first-order valence-electron chi connectivity index (χ1n) is 8.66. The third-order valence-electron chi connectivity index (χ3n) is 4.35. The monoisotopic (exact) mass is 459 g/mol. The van der Waals surface area contributed by atoms with Crippen LogP contribution in [0.15, 0.2) is 65.1 Å². The summed E-state index contributed by atoms with van der Waals surface area (Å²) in [5, 5.41) is 12.7. The summed E-state index contributed by atoms with van der Waals surface area (Å²) in [5.41, 5.74) is 4.01. The lowest BCUT2D eigenvalue weighted by atomic mass is 10.1. The van der Waals surface area contributed by atoms with E-state index in [9.17, 15) is 9.90 Å². The number of benzene rings is 3. The van der Waals surface area contributed by atoms with Crippen LogP contribution >= 0.6 is 27.5 Å². The molecule has 6 heteroatoms. The summed E-state index contributed by atoms with van der Waals surface area (Å²) in [6.45, 7) is 3.01. The molecule has 28 heavy (non-hydrogen) atoms. The summed E-state index contributed by atoms with van der Waals surface area (Å²) in [4.78, 5) is 11.3. The molecule has 0 aromatic heterocycles. The molecule has 144 valence electrons. The van der Waals surface area contributed by atoms with Crippen molar-refractivity contribution in [3.8, 4) is 5.75 Å². The van der Waals surface area contributed by atoms with Crippen LogP contribution in [0.3, 0.4) is 0 Å². The summed E-state index contributed by atoms with van der Waals surface area (Å²) in [5.74, 6) is -0.287. The molecule has 0 atom stereocenters. The number of anilines is 1. The second-order valence-electron chi connectivity index (χ2n) is 6.32. The van der Waals surface area contributed by atoms with Gasteiger partial charge in [0.25, 0.3) is 0 Å². The van der Waals surface area contributed by atoms with Gasteiger partial charge in [-0.1, -0.05) is 51.8 Å². The van der Waals surface area contributed by atoms with E-state index in [4.69, 9.17) is 16.3 Å². The fraction of sp³-hybridized carbons (Fsp3) is 0.136. The Morgan fingerprint density at radius 2 is 1.89 bits per heavy atom. The highest BCUT2D eigenvalue weighted by molar-refractivity contribution is 9.10. The quantitative estimate of drug-likeness (QED) is 0.434. The molecule has 0 aliphatic rings. The number of aryl methyl sites for hydroxylation is 1. The molecular formula is C22H19BrClNO3. The average molecular weight is 461 g/mol. The summed E-state index contributed by atoms with van der Waals surface area (Å²) < 4.78 is 6.99. The van der Waals surface area contributed by atoms with E-state index in [2.05, 4.69) is 34.2 Å². The molecule has 0 saturated carbocycles. The lowest BCUT2D eigenvalue weighted by Gasteiger charge is -2.15. The van der Waals surface area contributed by atoms with E-state index in [0.29, 0.717) is 18.8 Å². The van der Waals surface area contributed by atoms with Crippen LogP contribution < -0.4 is 10.1 Å². The summed E-state index contributed by atoms with van der Waals surface area (Å²) in [6.07, 6.45) is 0. The largest absolute Gasteiger partial charge is 0.489 e. The predicted octanol–water partition coefficient (Wildman–Crippen LogP) is 6.30. The minimum atomic E-state index is -1.06. The Kier molecular flexibility index (Phi) is 6.60. The summed E-state index contributed by atoms with van der Waals surface area (Å²) in [7, 11) is 0. The van der Waals surface area contributed by atoms with Crippen LogP contribution in [0.4, 0.5) is 5.69 Å². The van der Waals surface area contributed by atoms with Crippen molar-refractivity contribution < 1.29 is 14.6 Å². The van der Waals surface area contributed by atoms with E-state index in [1.54, 1.807) is 12.1 Å². The van der Waals surface area contributed by atoms with Gasteiger partial charge in [-0.15, -0.1) is 0 Å². The highest BCUT2D eigenvalue weighted by Crippen LogP contribution is 2.27. The van der Waals surface area contributed by atoms with Crippen molar-refractivity contribution in [3.63, 3.8) is 0 Å². The van der Waals surface area contributed by atoms with Crippen molar-refractivity contribution in [2.24, 2.45) is 0 Å². The zero-order valence-corrected chi connectivity index (χ0v) is 17.5. The molecular weight excluding hydrogens is 442 g/mol. The highest BCUT2D eigenvalue weighted by atomic mass is 79.9. The van der Waals surface area contributed by atoms with Gasteiger partial charge in [-0.3, -0.25) is 0 Å². The second-order valence-corrected chi connectivity index (χ2v) is 7.64. The van der Waals surface area contributed by atoms with Gasteiger partial charge in [-0.2, -0.15) is 0 Å². The molecule has 3 rings (SSSR count). The summed E-state index contributed by atoms with van der Waals surface area (Å²) in [6, 6.07) is 18.8. The van der Waals surface area contributed by atoms with Crippen molar-refractivity contribution in [3.05, 3.63) is 92.4 Å². The Morgan fingerprint density at radius 1 is 1.11 bits per heavy atom. The molecule has 4 nitrogen and oxygen atoms in total. The molecule has 0 radical (unpaired) electrons. The van der Waals surface area contributed by atoms with Gasteiger partial charge in [0.15, 0.2) is 0 Å². The molecule has 3 aromatic carbocycles. The first-order valence-corrected chi connectivity index (χ1v) is 9.83. The molecule has 0 unspecified atom stereocenters. The smallest absolute Gasteiger partial charge is 0.337 e. The number of carbonyl (C=O) groups is 1. The van der Waals surface area contributed by atoms with Crippen LogP contribution in [0.5, 0.6) is 5.75 Å². The van der Waals surface area contributed by atoms with E-state index in [-0.39, 0.29) is 10.6 Å². The Labute approximate surface area is 177 Å². The fourth-order valence-electron chi connectivity index (χ4n) is 2.75. The van der Waals surface area contributed by atoms with Crippen molar-refractivity contribution in [2.75, 3.05) is 5.32 Å². The molecule has 0 aliphatic carbocycles. The van der Waals surface area contributed by atoms with E-state index in [0.717, 1.165) is 21.3 Å². The maximum absolute atomic E-state index is 11.3. The van der Waals surface area contributed by atoms with Gasteiger partial charge in [0, 0.05) is 22.3 Å². The Balaban J connectivity index is 1.75. The van der Waals surface area contributed by atoms with E-state index >= 15 is 0 Å². The molecule has 0 heterocycles.